The Balaban J connectivity index is 1.41. The van der Waals surface area contributed by atoms with Gasteiger partial charge in [0.2, 0.25) is 0 Å². The molecule has 0 aromatic heterocycles. The molecule has 47 heavy (non-hydrogen) atoms. The molecular weight excluding hydrogens is 567 g/mol. The maximum atomic E-state index is 2.45. The van der Waals surface area contributed by atoms with Crippen LogP contribution in [0.1, 0.15) is 0 Å². The van der Waals surface area contributed by atoms with E-state index in [1.165, 1.54) is 65.3 Å². The van der Waals surface area contributed by atoms with Crippen molar-refractivity contribution in [1.29, 1.82) is 0 Å². The van der Waals surface area contributed by atoms with Crippen LogP contribution in [0.5, 0.6) is 0 Å². The molecule has 0 N–H and O–H groups in total. The minimum atomic E-state index is 1.12. The van der Waals surface area contributed by atoms with Gasteiger partial charge < -0.3 is 4.90 Å². The van der Waals surface area contributed by atoms with Crippen LogP contribution in [0, 0.1) is 0 Å². The van der Waals surface area contributed by atoms with E-state index in [1.807, 2.05) is 0 Å². The summed E-state index contributed by atoms with van der Waals surface area (Å²) in [7, 11) is 0. The highest BCUT2D eigenvalue weighted by molar-refractivity contribution is 6.10. The molecule has 0 heterocycles. The van der Waals surface area contributed by atoms with Crippen molar-refractivity contribution in [1.82, 2.24) is 0 Å². The van der Waals surface area contributed by atoms with E-state index >= 15 is 0 Å². The first kappa shape index (κ1) is 27.2. The smallest absolute Gasteiger partial charge is 0.0546 e. The molecule has 0 atom stereocenters. The summed E-state index contributed by atoms with van der Waals surface area (Å²) in [6, 6.07) is 68.5. The fourth-order valence-corrected chi connectivity index (χ4v) is 7.20. The van der Waals surface area contributed by atoms with Crippen molar-refractivity contribution in [2.45, 2.75) is 0 Å². The molecule has 0 saturated carbocycles. The Morgan fingerprint density at radius 3 is 1.30 bits per heavy atom. The van der Waals surface area contributed by atoms with Crippen LogP contribution in [0.15, 0.2) is 188 Å². The van der Waals surface area contributed by atoms with Gasteiger partial charge in [0.1, 0.15) is 0 Å². The van der Waals surface area contributed by atoms with E-state index in [0.717, 1.165) is 17.1 Å². The summed E-state index contributed by atoms with van der Waals surface area (Å²) >= 11 is 0. The second kappa shape index (κ2) is 11.3. The van der Waals surface area contributed by atoms with E-state index in [2.05, 4.69) is 193 Å². The van der Waals surface area contributed by atoms with Crippen LogP contribution in [0.3, 0.4) is 0 Å². The lowest BCUT2D eigenvalue weighted by Crippen LogP contribution is -2.12. The molecule has 0 unspecified atom stereocenters. The van der Waals surface area contributed by atoms with Crippen LogP contribution < -0.4 is 4.90 Å². The summed E-state index contributed by atoms with van der Waals surface area (Å²) in [5.74, 6) is 0. The number of fused-ring (bicyclic) bond motifs is 4. The maximum Gasteiger partial charge on any atom is 0.0546 e. The first-order chi connectivity index (χ1) is 23.3. The van der Waals surface area contributed by atoms with Gasteiger partial charge in [0.05, 0.1) is 5.69 Å². The van der Waals surface area contributed by atoms with Gasteiger partial charge in [0.15, 0.2) is 0 Å². The third kappa shape index (κ3) is 4.72. The van der Waals surface area contributed by atoms with E-state index < -0.39 is 0 Å². The monoisotopic (exact) mass is 597 g/mol. The molecule has 0 radical (unpaired) electrons. The molecule has 1 nitrogen and oxygen atoms in total. The summed E-state index contributed by atoms with van der Waals surface area (Å²) < 4.78 is 0. The zero-order valence-corrected chi connectivity index (χ0v) is 25.8. The van der Waals surface area contributed by atoms with Crippen LogP contribution in [-0.2, 0) is 0 Å². The molecule has 9 aromatic rings. The second-order valence-corrected chi connectivity index (χ2v) is 12.2. The molecule has 0 amide bonds. The van der Waals surface area contributed by atoms with Gasteiger partial charge in [-0.1, -0.05) is 158 Å². The summed E-state index contributed by atoms with van der Waals surface area (Å²) in [4.78, 5) is 2.45. The van der Waals surface area contributed by atoms with Crippen molar-refractivity contribution in [3.63, 3.8) is 0 Å². The molecule has 0 aliphatic carbocycles. The summed E-state index contributed by atoms with van der Waals surface area (Å²) in [5.41, 5.74) is 8.24. The number of nitrogens with zero attached hydrogens (tertiary/aromatic N) is 1. The summed E-state index contributed by atoms with van der Waals surface area (Å²) in [6.07, 6.45) is 0. The zero-order valence-electron chi connectivity index (χ0n) is 25.8. The van der Waals surface area contributed by atoms with Crippen molar-refractivity contribution in [3.8, 4) is 22.3 Å². The zero-order chi connectivity index (χ0) is 31.2. The Morgan fingerprint density at radius 1 is 0.277 bits per heavy atom. The lowest BCUT2D eigenvalue weighted by atomic mass is 9.87. The van der Waals surface area contributed by atoms with Gasteiger partial charge in [0.25, 0.3) is 0 Å². The molecule has 0 fully saturated rings. The molecule has 9 aromatic carbocycles. The number of hydrogen-bond donors (Lipinski definition) is 0. The molecule has 0 saturated heterocycles. The van der Waals surface area contributed by atoms with Gasteiger partial charge >= 0.3 is 0 Å². The fourth-order valence-electron chi connectivity index (χ4n) is 7.20. The normalized spacial score (nSPS) is 11.4. The molecule has 1 heteroatoms. The lowest BCUT2D eigenvalue weighted by Gasteiger charge is -2.30. The van der Waals surface area contributed by atoms with Crippen LogP contribution in [0.4, 0.5) is 17.1 Å². The lowest BCUT2D eigenvalue weighted by molar-refractivity contribution is 1.30. The third-order valence-electron chi connectivity index (χ3n) is 9.40. The highest BCUT2D eigenvalue weighted by Crippen LogP contribution is 2.48. The third-order valence-corrected chi connectivity index (χ3v) is 9.40. The maximum absolute atomic E-state index is 2.45. The first-order valence-electron chi connectivity index (χ1n) is 16.2. The standard InChI is InChI=1S/C46H31N/c1-3-16-36-30-38(28-26-32(36)12-1)47(39-29-27-33-13-2-4-17-37(33)31-39)45-25-11-24-44(42-22-9-18-34-14-5-7-20-40(34)42)46(45)43-23-10-19-35-15-6-8-21-41(35)43/h1-31H. The van der Waals surface area contributed by atoms with Gasteiger partial charge in [-0.2, -0.15) is 0 Å². The average Bonchev–Trinajstić information content (AvgIpc) is 3.14. The molecule has 0 aliphatic heterocycles. The Morgan fingerprint density at radius 2 is 0.702 bits per heavy atom. The number of anilines is 3. The predicted octanol–water partition coefficient (Wildman–Crippen LogP) is 13.1. The van der Waals surface area contributed by atoms with Crippen molar-refractivity contribution < 1.29 is 0 Å². The molecular formula is C46H31N. The molecule has 220 valence electrons. The number of hydrogen-bond acceptors (Lipinski definition) is 1. The summed E-state index contributed by atoms with van der Waals surface area (Å²) in [6.45, 7) is 0. The van der Waals surface area contributed by atoms with Crippen LogP contribution >= 0.6 is 0 Å². The average molecular weight is 598 g/mol. The van der Waals surface area contributed by atoms with E-state index in [1.54, 1.807) is 0 Å². The molecule has 0 aliphatic rings. The van der Waals surface area contributed by atoms with Gasteiger partial charge in [-0.15, -0.1) is 0 Å². The Kier molecular flexibility index (Phi) is 6.54. The van der Waals surface area contributed by atoms with Crippen LogP contribution in [0.2, 0.25) is 0 Å². The largest absolute Gasteiger partial charge is 0.310 e. The minimum Gasteiger partial charge on any atom is -0.310 e. The molecule has 0 spiro atoms. The van der Waals surface area contributed by atoms with Gasteiger partial charge in [-0.05, 0) is 90.1 Å². The van der Waals surface area contributed by atoms with Crippen LogP contribution in [0.25, 0.3) is 65.3 Å². The predicted molar refractivity (Wildman–Crippen MR) is 202 cm³/mol. The highest BCUT2D eigenvalue weighted by Gasteiger charge is 2.23. The Labute approximate surface area is 274 Å². The number of benzene rings is 9. The Bertz CT molecular complexity index is 2510. The Hall–Kier alpha value is -6.18. The molecule has 9 rings (SSSR count). The fraction of sp³-hybridized carbons (Fsp3) is 0. The van der Waals surface area contributed by atoms with E-state index in [9.17, 15) is 0 Å². The first-order valence-corrected chi connectivity index (χ1v) is 16.2. The van der Waals surface area contributed by atoms with E-state index in [4.69, 9.17) is 0 Å². The molecule has 0 bridgehead atoms. The van der Waals surface area contributed by atoms with Gasteiger partial charge in [0, 0.05) is 16.9 Å². The van der Waals surface area contributed by atoms with Gasteiger partial charge in [-0.25, -0.2) is 0 Å². The minimum absolute atomic E-state index is 1.12. The second-order valence-electron chi connectivity index (χ2n) is 12.2. The number of rotatable bonds is 5. The van der Waals surface area contributed by atoms with Crippen LogP contribution in [-0.4, -0.2) is 0 Å². The van der Waals surface area contributed by atoms with Crippen molar-refractivity contribution in [3.05, 3.63) is 188 Å². The van der Waals surface area contributed by atoms with Crippen molar-refractivity contribution in [2.75, 3.05) is 4.90 Å². The quantitative estimate of drug-likeness (QED) is 0.191. The van der Waals surface area contributed by atoms with Crippen molar-refractivity contribution >= 4 is 60.2 Å². The highest BCUT2D eigenvalue weighted by atomic mass is 15.1. The SMILES string of the molecule is c1cc(-c2cccc3ccccc23)c(-c2cccc3ccccc23)c(N(c2ccc3ccccc3c2)c2ccc3ccccc3c2)c1. The summed E-state index contributed by atoms with van der Waals surface area (Å²) in [5, 5.41) is 9.84. The van der Waals surface area contributed by atoms with E-state index in [-0.39, 0.29) is 0 Å². The van der Waals surface area contributed by atoms with E-state index in [0.29, 0.717) is 0 Å². The van der Waals surface area contributed by atoms with Crippen molar-refractivity contribution in [2.24, 2.45) is 0 Å². The van der Waals surface area contributed by atoms with Gasteiger partial charge in [-0.3, -0.25) is 0 Å². The topological polar surface area (TPSA) is 3.24 Å².